The molecule has 0 aliphatic rings. The highest BCUT2D eigenvalue weighted by molar-refractivity contribution is 7.16. The van der Waals surface area contributed by atoms with Gasteiger partial charge in [-0.3, -0.25) is 0 Å². The maximum atomic E-state index is 4.69. The normalized spacial score (nSPS) is 11.0. The Morgan fingerprint density at radius 1 is 1.06 bits per heavy atom. The first-order chi connectivity index (χ1) is 8.70. The second-order valence-electron chi connectivity index (χ2n) is 4.07. The minimum atomic E-state index is 0.847. The van der Waals surface area contributed by atoms with Crippen LogP contribution in [-0.2, 0) is 6.42 Å². The van der Waals surface area contributed by atoms with Crippen molar-refractivity contribution in [3.05, 3.63) is 43.5 Å². The molecule has 0 atom stereocenters. The minimum absolute atomic E-state index is 0.847. The first-order valence-corrected chi connectivity index (χ1v) is 8.20. The van der Waals surface area contributed by atoms with Crippen molar-refractivity contribution in [1.29, 1.82) is 0 Å². The number of thiazole rings is 2. The van der Waals surface area contributed by atoms with Crippen LogP contribution in [0.25, 0.3) is 10.6 Å². The molecule has 3 rings (SSSR count). The lowest BCUT2D eigenvalue weighted by Gasteiger charge is -1.91. The Hall–Kier alpha value is -1.04. The Kier molecular flexibility index (Phi) is 3.28. The summed E-state index contributed by atoms with van der Waals surface area (Å²) >= 11 is 5.21. The van der Waals surface area contributed by atoms with E-state index in [-0.39, 0.29) is 0 Å². The number of aryl methyl sites for hydroxylation is 2. The van der Waals surface area contributed by atoms with Crippen molar-refractivity contribution in [2.75, 3.05) is 0 Å². The van der Waals surface area contributed by atoms with Gasteiger partial charge in [0.25, 0.3) is 0 Å². The average Bonchev–Trinajstić information content (AvgIpc) is 3.01. The molecule has 3 aromatic rings. The van der Waals surface area contributed by atoms with Crippen LogP contribution in [0.5, 0.6) is 0 Å². The Morgan fingerprint density at radius 2 is 1.94 bits per heavy atom. The topological polar surface area (TPSA) is 25.8 Å². The lowest BCUT2D eigenvalue weighted by Crippen LogP contribution is -1.87. The average molecular weight is 292 g/mol. The van der Waals surface area contributed by atoms with Crippen LogP contribution in [0.3, 0.4) is 0 Å². The molecule has 3 aromatic heterocycles. The van der Waals surface area contributed by atoms with E-state index in [2.05, 4.69) is 34.8 Å². The van der Waals surface area contributed by atoms with Gasteiger partial charge in [-0.25, -0.2) is 9.97 Å². The number of aromatic nitrogens is 2. The van der Waals surface area contributed by atoms with Gasteiger partial charge in [0.15, 0.2) is 0 Å². The monoisotopic (exact) mass is 292 g/mol. The third kappa shape index (κ3) is 2.53. The van der Waals surface area contributed by atoms with Crippen LogP contribution < -0.4 is 0 Å². The number of thiophene rings is 1. The van der Waals surface area contributed by atoms with Crippen molar-refractivity contribution in [1.82, 2.24) is 9.97 Å². The molecule has 0 N–H and O–H groups in total. The molecule has 0 saturated carbocycles. The van der Waals surface area contributed by atoms with E-state index in [0.717, 1.165) is 27.8 Å². The van der Waals surface area contributed by atoms with E-state index in [0.29, 0.717) is 0 Å². The molecule has 3 heterocycles. The summed E-state index contributed by atoms with van der Waals surface area (Å²) in [6, 6.07) is 4.29. The van der Waals surface area contributed by atoms with Gasteiger partial charge in [0.1, 0.15) is 0 Å². The van der Waals surface area contributed by atoms with Crippen LogP contribution in [0.1, 0.15) is 20.6 Å². The molecule has 2 nitrogen and oxygen atoms in total. The SMILES string of the molecule is Cc1ccc(-c2csc(Cc3csc(C)n3)n2)s1. The van der Waals surface area contributed by atoms with Gasteiger partial charge in [0, 0.05) is 22.1 Å². The molecule has 0 aliphatic heterocycles. The Morgan fingerprint density at radius 3 is 2.61 bits per heavy atom. The van der Waals surface area contributed by atoms with Crippen molar-refractivity contribution >= 4 is 34.0 Å². The fourth-order valence-electron chi connectivity index (χ4n) is 1.72. The van der Waals surface area contributed by atoms with Gasteiger partial charge in [0.2, 0.25) is 0 Å². The third-order valence-electron chi connectivity index (χ3n) is 2.54. The number of hydrogen-bond acceptors (Lipinski definition) is 5. The summed E-state index contributed by atoms with van der Waals surface area (Å²) in [4.78, 5) is 11.8. The van der Waals surface area contributed by atoms with Gasteiger partial charge in [0.05, 0.1) is 26.3 Å². The molecule has 0 bridgehead atoms. The van der Waals surface area contributed by atoms with Crippen molar-refractivity contribution < 1.29 is 0 Å². The zero-order chi connectivity index (χ0) is 12.5. The first kappa shape index (κ1) is 12.0. The molecule has 0 unspecified atom stereocenters. The number of rotatable bonds is 3. The van der Waals surface area contributed by atoms with Crippen molar-refractivity contribution in [3.8, 4) is 10.6 Å². The van der Waals surface area contributed by atoms with Crippen LogP contribution >= 0.6 is 34.0 Å². The van der Waals surface area contributed by atoms with Crippen molar-refractivity contribution in [2.24, 2.45) is 0 Å². The van der Waals surface area contributed by atoms with Crippen LogP contribution in [0, 0.1) is 13.8 Å². The van der Waals surface area contributed by atoms with E-state index in [1.54, 1.807) is 34.0 Å². The molecule has 18 heavy (non-hydrogen) atoms. The molecule has 0 spiro atoms. The highest BCUT2D eigenvalue weighted by atomic mass is 32.1. The minimum Gasteiger partial charge on any atom is -0.246 e. The highest BCUT2D eigenvalue weighted by Crippen LogP contribution is 2.29. The summed E-state index contributed by atoms with van der Waals surface area (Å²) < 4.78 is 0. The van der Waals surface area contributed by atoms with E-state index < -0.39 is 0 Å². The van der Waals surface area contributed by atoms with Crippen molar-refractivity contribution in [3.63, 3.8) is 0 Å². The summed E-state index contributed by atoms with van der Waals surface area (Å²) in [6.07, 6.45) is 0.847. The maximum absolute atomic E-state index is 4.69. The lowest BCUT2D eigenvalue weighted by molar-refractivity contribution is 1.06. The second kappa shape index (κ2) is 4.91. The van der Waals surface area contributed by atoms with E-state index >= 15 is 0 Å². The molecule has 0 radical (unpaired) electrons. The Balaban J connectivity index is 1.81. The molecule has 0 aliphatic carbocycles. The predicted molar refractivity (Wildman–Crippen MR) is 79.8 cm³/mol. The second-order valence-corrected chi connectivity index (χ2v) is 7.36. The van der Waals surface area contributed by atoms with Gasteiger partial charge < -0.3 is 0 Å². The molecule has 0 amide bonds. The number of nitrogens with zero attached hydrogens (tertiary/aromatic N) is 2. The van der Waals surface area contributed by atoms with Gasteiger partial charge in [-0.1, -0.05) is 0 Å². The standard InChI is InChI=1S/C13H12N2S3/c1-8-3-4-12(18-8)11-7-17-13(15-11)5-10-6-16-9(2)14-10/h3-4,6-7H,5H2,1-2H3. The molecule has 5 heteroatoms. The van der Waals surface area contributed by atoms with Crippen LogP contribution in [0.4, 0.5) is 0 Å². The van der Waals surface area contributed by atoms with Crippen LogP contribution in [-0.4, -0.2) is 9.97 Å². The fourth-order valence-corrected chi connectivity index (χ4v) is 4.05. The smallest absolute Gasteiger partial charge is 0.0993 e. The third-order valence-corrected chi connectivity index (χ3v) is 5.24. The summed E-state index contributed by atoms with van der Waals surface area (Å²) in [6.45, 7) is 4.16. The predicted octanol–water partition coefficient (Wildman–Crippen LogP) is 4.54. The molecule has 0 saturated heterocycles. The van der Waals surface area contributed by atoms with Gasteiger partial charge >= 0.3 is 0 Å². The largest absolute Gasteiger partial charge is 0.246 e. The van der Waals surface area contributed by atoms with Crippen molar-refractivity contribution in [2.45, 2.75) is 20.3 Å². The summed E-state index contributed by atoms with van der Waals surface area (Å²) in [5, 5.41) is 6.52. The Labute approximate surface area is 118 Å². The summed E-state index contributed by atoms with van der Waals surface area (Å²) in [5.74, 6) is 0. The molecule has 0 aromatic carbocycles. The molecule has 92 valence electrons. The van der Waals surface area contributed by atoms with Gasteiger partial charge in [-0.2, -0.15) is 0 Å². The maximum Gasteiger partial charge on any atom is 0.0993 e. The lowest BCUT2D eigenvalue weighted by atomic mass is 10.3. The summed E-state index contributed by atoms with van der Waals surface area (Å²) in [7, 11) is 0. The molecular weight excluding hydrogens is 280 g/mol. The summed E-state index contributed by atoms with van der Waals surface area (Å²) in [5.41, 5.74) is 2.22. The van der Waals surface area contributed by atoms with Gasteiger partial charge in [-0.05, 0) is 26.0 Å². The number of hydrogen-bond donors (Lipinski definition) is 0. The van der Waals surface area contributed by atoms with Gasteiger partial charge in [-0.15, -0.1) is 34.0 Å². The van der Waals surface area contributed by atoms with Crippen LogP contribution in [0.15, 0.2) is 22.9 Å². The van der Waals surface area contributed by atoms with Crippen LogP contribution in [0.2, 0.25) is 0 Å². The first-order valence-electron chi connectivity index (χ1n) is 5.63. The zero-order valence-corrected chi connectivity index (χ0v) is 12.6. The van der Waals surface area contributed by atoms with E-state index in [9.17, 15) is 0 Å². The Bertz CT molecular complexity index is 663. The molecule has 0 fully saturated rings. The molecular formula is C13H12N2S3. The fraction of sp³-hybridized carbons (Fsp3) is 0.231. The quantitative estimate of drug-likeness (QED) is 0.708. The van der Waals surface area contributed by atoms with E-state index in [1.165, 1.54) is 9.75 Å². The van der Waals surface area contributed by atoms with E-state index in [1.807, 2.05) is 6.92 Å². The van der Waals surface area contributed by atoms with E-state index in [4.69, 9.17) is 4.98 Å². The zero-order valence-electron chi connectivity index (χ0n) is 10.1. The highest BCUT2D eigenvalue weighted by Gasteiger charge is 2.08.